The van der Waals surface area contributed by atoms with Gasteiger partial charge in [0, 0.05) is 38.2 Å². The molecule has 1 aliphatic carbocycles. The number of rotatable bonds is 5. The molecule has 6 heteroatoms. The number of thiazole rings is 1. The number of carbonyl (C=O) groups excluding carboxylic acids is 1. The Balaban J connectivity index is 1.28. The second-order valence-corrected chi connectivity index (χ2v) is 9.15. The predicted octanol–water partition coefficient (Wildman–Crippen LogP) is 4.27. The van der Waals surface area contributed by atoms with Crippen molar-refractivity contribution in [3.63, 3.8) is 0 Å². The number of benzene rings is 2. The van der Waals surface area contributed by atoms with Crippen molar-refractivity contribution in [3.8, 4) is 6.07 Å². The standard InChI is InChI=1S/C24H24N4OS/c25-15-16-1-2-17-3-4-18(20(17)13-16)6-8-22(29)19-5-7-21-23(14-19)30-24(27-21)28-11-9-26-10-12-28/h1-2,5,7,13-14,18,26H,3-4,6,8-12H2/t18-/m0/s1. The fourth-order valence-electron chi connectivity index (χ4n) is 4.58. The Kier molecular flexibility index (Phi) is 5.24. The topological polar surface area (TPSA) is 69.0 Å². The molecule has 5 rings (SSSR count). The van der Waals surface area contributed by atoms with E-state index >= 15 is 0 Å². The monoisotopic (exact) mass is 416 g/mol. The summed E-state index contributed by atoms with van der Waals surface area (Å²) in [7, 11) is 0. The number of fused-ring (bicyclic) bond motifs is 2. The lowest BCUT2D eigenvalue weighted by molar-refractivity contribution is 0.0977. The maximum absolute atomic E-state index is 12.9. The Labute approximate surface area is 180 Å². The van der Waals surface area contributed by atoms with Crippen molar-refractivity contribution < 1.29 is 4.79 Å². The molecule has 1 aliphatic heterocycles. The summed E-state index contributed by atoms with van der Waals surface area (Å²) in [5, 5.41) is 13.6. The molecule has 0 amide bonds. The van der Waals surface area contributed by atoms with Gasteiger partial charge >= 0.3 is 0 Å². The summed E-state index contributed by atoms with van der Waals surface area (Å²) >= 11 is 1.68. The number of aromatic nitrogens is 1. The zero-order valence-electron chi connectivity index (χ0n) is 16.9. The largest absolute Gasteiger partial charge is 0.346 e. The number of hydrogen-bond donors (Lipinski definition) is 1. The molecular formula is C24H24N4OS. The highest BCUT2D eigenvalue weighted by Crippen LogP contribution is 2.37. The highest BCUT2D eigenvalue weighted by molar-refractivity contribution is 7.22. The van der Waals surface area contributed by atoms with Crippen molar-refractivity contribution >= 4 is 32.5 Å². The van der Waals surface area contributed by atoms with Crippen LogP contribution >= 0.6 is 11.3 Å². The van der Waals surface area contributed by atoms with Gasteiger partial charge < -0.3 is 10.2 Å². The van der Waals surface area contributed by atoms with Crippen LogP contribution in [0.2, 0.25) is 0 Å². The van der Waals surface area contributed by atoms with Crippen LogP contribution in [0.15, 0.2) is 36.4 Å². The van der Waals surface area contributed by atoms with Crippen LogP contribution in [-0.4, -0.2) is 36.9 Å². The SMILES string of the molecule is N#Cc1ccc2c(c1)[C@H](CCC(=O)c1ccc3nc(N4CCNCC4)sc3c1)CC2. The van der Waals surface area contributed by atoms with Gasteiger partial charge in [-0.2, -0.15) is 5.26 Å². The molecule has 1 N–H and O–H groups in total. The second kappa shape index (κ2) is 8.17. The van der Waals surface area contributed by atoms with Gasteiger partial charge in [0.05, 0.1) is 21.8 Å². The molecule has 0 unspecified atom stereocenters. The van der Waals surface area contributed by atoms with Crippen LogP contribution < -0.4 is 10.2 Å². The Bertz CT molecular complexity index is 1140. The summed E-state index contributed by atoms with van der Waals surface area (Å²) in [4.78, 5) is 20.0. The molecule has 152 valence electrons. The molecule has 2 aliphatic rings. The Morgan fingerprint density at radius 3 is 2.93 bits per heavy atom. The number of nitrogens with one attached hydrogen (secondary N) is 1. The zero-order chi connectivity index (χ0) is 20.5. The molecule has 1 atom stereocenters. The molecule has 1 fully saturated rings. The van der Waals surface area contributed by atoms with E-state index in [1.54, 1.807) is 11.3 Å². The van der Waals surface area contributed by atoms with E-state index < -0.39 is 0 Å². The molecule has 30 heavy (non-hydrogen) atoms. The lowest BCUT2D eigenvalue weighted by Crippen LogP contribution is -2.43. The van der Waals surface area contributed by atoms with Crippen molar-refractivity contribution in [3.05, 3.63) is 58.7 Å². The molecule has 3 aromatic rings. The summed E-state index contributed by atoms with van der Waals surface area (Å²) in [5.41, 5.74) is 5.06. The number of nitrogens with zero attached hydrogens (tertiary/aromatic N) is 3. The molecule has 0 bridgehead atoms. The Morgan fingerprint density at radius 2 is 2.10 bits per heavy atom. The first-order chi connectivity index (χ1) is 14.7. The lowest BCUT2D eigenvalue weighted by Gasteiger charge is -2.26. The number of carbonyl (C=O) groups is 1. The van der Waals surface area contributed by atoms with Crippen LogP contribution in [0.4, 0.5) is 5.13 Å². The highest BCUT2D eigenvalue weighted by Gasteiger charge is 2.24. The number of nitriles is 1. The molecule has 1 aromatic heterocycles. The third-order valence-corrected chi connectivity index (χ3v) is 7.36. The van der Waals surface area contributed by atoms with Crippen molar-refractivity contribution in [1.29, 1.82) is 5.26 Å². The van der Waals surface area contributed by atoms with Crippen LogP contribution in [0.1, 0.15) is 52.2 Å². The smallest absolute Gasteiger partial charge is 0.186 e. The molecule has 0 spiro atoms. The summed E-state index contributed by atoms with van der Waals surface area (Å²) in [6.45, 7) is 3.92. The Hall–Kier alpha value is -2.75. The fraction of sp³-hybridized carbons (Fsp3) is 0.375. The fourth-order valence-corrected chi connectivity index (χ4v) is 5.64. The van der Waals surface area contributed by atoms with Crippen LogP contribution in [0.3, 0.4) is 0 Å². The first-order valence-electron chi connectivity index (χ1n) is 10.6. The average molecular weight is 417 g/mol. The minimum atomic E-state index is 0.193. The zero-order valence-corrected chi connectivity index (χ0v) is 17.7. The van der Waals surface area contributed by atoms with Gasteiger partial charge in [-0.25, -0.2) is 4.98 Å². The molecule has 2 aromatic carbocycles. The Morgan fingerprint density at radius 1 is 1.23 bits per heavy atom. The van der Waals surface area contributed by atoms with E-state index in [1.165, 1.54) is 11.1 Å². The molecule has 5 nitrogen and oxygen atoms in total. The summed E-state index contributed by atoms with van der Waals surface area (Å²) < 4.78 is 1.08. The summed E-state index contributed by atoms with van der Waals surface area (Å²) in [5.74, 6) is 0.572. The van der Waals surface area contributed by atoms with Gasteiger partial charge in [-0.3, -0.25) is 4.79 Å². The first-order valence-corrected chi connectivity index (χ1v) is 11.5. The second-order valence-electron chi connectivity index (χ2n) is 8.14. The first kappa shape index (κ1) is 19.2. The van der Waals surface area contributed by atoms with E-state index in [-0.39, 0.29) is 5.78 Å². The third-order valence-electron chi connectivity index (χ3n) is 6.28. The van der Waals surface area contributed by atoms with Gasteiger partial charge in [-0.1, -0.05) is 17.4 Å². The minimum Gasteiger partial charge on any atom is -0.346 e. The molecule has 0 saturated carbocycles. The summed E-state index contributed by atoms with van der Waals surface area (Å²) in [6, 6.07) is 14.1. The van der Waals surface area contributed by atoms with Crippen LogP contribution in [0.5, 0.6) is 0 Å². The number of hydrogen-bond acceptors (Lipinski definition) is 6. The van der Waals surface area contributed by atoms with E-state index in [9.17, 15) is 10.1 Å². The van der Waals surface area contributed by atoms with E-state index in [2.05, 4.69) is 22.4 Å². The maximum atomic E-state index is 12.9. The van der Waals surface area contributed by atoms with Crippen molar-refractivity contribution in [1.82, 2.24) is 10.3 Å². The van der Waals surface area contributed by atoms with E-state index in [0.29, 0.717) is 17.9 Å². The maximum Gasteiger partial charge on any atom is 0.186 e. The summed E-state index contributed by atoms with van der Waals surface area (Å²) in [6.07, 6.45) is 3.49. The molecule has 0 radical (unpaired) electrons. The van der Waals surface area contributed by atoms with Crippen molar-refractivity contribution in [2.45, 2.75) is 31.6 Å². The quantitative estimate of drug-likeness (QED) is 0.629. The normalized spacial score (nSPS) is 18.4. The number of anilines is 1. The molecule has 1 saturated heterocycles. The van der Waals surface area contributed by atoms with Gasteiger partial charge in [0.15, 0.2) is 10.9 Å². The van der Waals surface area contributed by atoms with Gasteiger partial charge in [0.25, 0.3) is 0 Å². The van der Waals surface area contributed by atoms with Crippen LogP contribution in [0, 0.1) is 11.3 Å². The lowest BCUT2D eigenvalue weighted by atomic mass is 9.93. The van der Waals surface area contributed by atoms with Crippen molar-refractivity contribution in [2.24, 2.45) is 0 Å². The van der Waals surface area contributed by atoms with Gasteiger partial charge in [-0.15, -0.1) is 0 Å². The van der Waals surface area contributed by atoms with E-state index in [1.807, 2.05) is 30.3 Å². The van der Waals surface area contributed by atoms with E-state index in [0.717, 1.165) is 66.4 Å². The number of ketones is 1. The van der Waals surface area contributed by atoms with Gasteiger partial charge in [0.1, 0.15) is 0 Å². The third kappa shape index (κ3) is 3.71. The van der Waals surface area contributed by atoms with Crippen LogP contribution in [0.25, 0.3) is 10.2 Å². The number of piperazine rings is 1. The highest BCUT2D eigenvalue weighted by atomic mass is 32.1. The van der Waals surface area contributed by atoms with Crippen molar-refractivity contribution in [2.75, 3.05) is 31.1 Å². The predicted molar refractivity (Wildman–Crippen MR) is 120 cm³/mol. The average Bonchev–Trinajstić information content (AvgIpc) is 3.41. The van der Waals surface area contributed by atoms with Gasteiger partial charge in [0.2, 0.25) is 0 Å². The number of aryl methyl sites for hydroxylation is 1. The van der Waals surface area contributed by atoms with E-state index in [4.69, 9.17) is 4.98 Å². The minimum absolute atomic E-state index is 0.193. The molecular weight excluding hydrogens is 392 g/mol. The van der Waals surface area contributed by atoms with Crippen LogP contribution in [-0.2, 0) is 6.42 Å². The molecule has 2 heterocycles. The number of Topliss-reactive ketones (excluding diaryl/α,β-unsaturated/α-hetero) is 1. The van der Waals surface area contributed by atoms with Gasteiger partial charge in [-0.05, 0) is 66.6 Å².